The second-order valence-corrected chi connectivity index (χ2v) is 6.40. The first kappa shape index (κ1) is 18.5. The van der Waals surface area contributed by atoms with Crippen LogP contribution in [0.4, 0.5) is 5.69 Å². The van der Waals surface area contributed by atoms with E-state index in [1.54, 1.807) is 6.26 Å². The summed E-state index contributed by atoms with van der Waals surface area (Å²) in [5, 5.41) is 0. The molecule has 0 amide bonds. The maximum absolute atomic E-state index is 6.07. The van der Waals surface area contributed by atoms with Gasteiger partial charge in [-0.3, -0.25) is 0 Å². The lowest BCUT2D eigenvalue weighted by Crippen LogP contribution is -2.11. The van der Waals surface area contributed by atoms with Crippen LogP contribution in [-0.2, 0) is 0 Å². The number of nitrogens with zero attached hydrogens (tertiary/aromatic N) is 1. The van der Waals surface area contributed by atoms with Crippen LogP contribution >= 0.6 is 0 Å². The molecular weight excluding hydrogens is 334 g/mol. The van der Waals surface area contributed by atoms with Crippen molar-refractivity contribution in [2.24, 2.45) is 4.99 Å². The molecule has 3 aromatic rings. The Balaban J connectivity index is 1.87. The van der Waals surface area contributed by atoms with Gasteiger partial charge in [0.2, 0.25) is 5.90 Å². The second kappa shape index (κ2) is 8.86. The van der Waals surface area contributed by atoms with Crippen molar-refractivity contribution >= 4 is 11.6 Å². The first-order valence-electron chi connectivity index (χ1n) is 8.89. The van der Waals surface area contributed by atoms with Crippen molar-refractivity contribution in [1.29, 1.82) is 0 Å². The van der Waals surface area contributed by atoms with E-state index in [9.17, 15) is 0 Å². The van der Waals surface area contributed by atoms with Gasteiger partial charge in [0, 0.05) is 5.57 Å². The Morgan fingerprint density at radius 1 is 0.778 bits per heavy atom. The summed E-state index contributed by atoms with van der Waals surface area (Å²) in [7, 11) is 0. The zero-order valence-electron chi connectivity index (χ0n) is 15.8. The van der Waals surface area contributed by atoms with Crippen molar-refractivity contribution in [2.45, 2.75) is 20.8 Å². The normalized spacial score (nSPS) is 12.0. The molecular formula is C24H23NO2. The summed E-state index contributed by atoms with van der Waals surface area (Å²) in [5.41, 5.74) is 3.94. The molecule has 0 unspecified atom stereocenters. The zero-order valence-corrected chi connectivity index (χ0v) is 15.8. The predicted octanol–water partition coefficient (Wildman–Crippen LogP) is 6.40. The molecule has 136 valence electrons. The number of hydrogen-bond acceptors (Lipinski definition) is 3. The Morgan fingerprint density at radius 3 is 2.22 bits per heavy atom. The van der Waals surface area contributed by atoms with Crippen LogP contribution in [0.2, 0.25) is 0 Å². The summed E-state index contributed by atoms with van der Waals surface area (Å²) in [4.78, 5) is 4.66. The fourth-order valence-corrected chi connectivity index (χ4v) is 2.43. The van der Waals surface area contributed by atoms with Crippen LogP contribution in [0.1, 0.15) is 18.1 Å². The van der Waals surface area contributed by atoms with E-state index in [2.05, 4.69) is 4.99 Å². The van der Waals surface area contributed by atoms with Crippen molar-refractivity contribution in [2.75, 3.05) is 0 Å². The van der Waals surface area contributed by atoms with Crippen LogP contribution in [0.25, 0.3) is 0 Å². The number of ether oxygens (including phenoxy) is 2. The van der Waals surface area contributed by atoms with E-state index in [0.29, 0.717) is 5.90 Å². The quantitative estimate of drug-likeness (QED) is 0.301. The predicted molar refractivity (Wildman–Crippen MR) is 111 cm³/mol. The highest BCUT2D eigenvalue weighted by atomic mass is 16.5. The largest absolute Gasteiger partial charge is 0.465 e. The number of para-hydroxylation sites is 1. The van der Waals surface area contributed by atoms with Crippen LogP contribution in [0.3, 0.4) is 0 Å². The SMILES string of the molecule is CC(=C\Oc1ccc(C)cc1)/C(=N/c1ccccc1)Oc1cccc(C)c1. The molecule has 0 atom stereocenters. The van der Waals surface area contributed by atoms with E-state index in [4.69, 9.17) is 9.47 Å². The molecule has 0 aliphatic heterocycles. The van der Waals surface area contributed by atoms with Gasteiger partial charge < -0.3 is 9.47 Å². The van der Waals surface area contributed by atoms with Crippen molar-refractivity contribution < 1.29 is 9.47 Å². The average Bonchev–Trinajstić information content (AvgIpc) is 2.68. The number of hydrogen-bond donors (Lipinski definition) is 0. The van der Waals surface area contributed by atoms with Gasteiger partial charge in [-0.05, 0) is 62.7 Å². The van der Waals surface area contributed by atoms with Crippen LogP contribution in [-0.4, -0.2) is 5.90 Å². The van der Waals surface area contributed by atoms with Gasteiger partial charge in [0.1, 0.15) is 11.5 Å². The highest BCUT2D eigenvalue weighted by Crippen LogP contribution is 2.19. The number of rotatable bonds is 5. The summed E-state index contributed by atoms with van der Waals surface area (Å²) in [6.45, 7) is 6.00. The van der Waals surface area contributed by atoms with Gasteiger partial charge in [-0.15, -0.1) is 0 Å². The van der Waals surface area contributed by atoms with Crippen molar-refractivity contribution in [3.63, 3.8) is 0 Å². The molecule has 3 nitrogen and oxygen atoms in total. The van der Waals surface area contributed by atoms with E-state index < -0.39 is 0 Å². The van der Waals surface area contributed by atoms with E-state index in [-0.39, 0.29) is 0 Å². The third kappa shape index (κ3) is 5.58. The summed E-state index contributed by atoms with van der Waals surface area (Å²) in [6, 6.07) is 25.5. The third-order valence-corrected chi connectivity index (χ3v) is 3.92. The lowest BCUT2D eigenvalue weighted by Gasteiger charge is -2.11. The summed E-state index contributed by atoms with van der Waals surface area (Å²) in [6.07, 6.45) is 1.67. The molecule has 0 fully saturated rings. The van der Waals surface area contributed by atoms with E-state index in [1.807, 2.05) is 99.6 Å². The van der Waals surface area contributed by atoms with Crippen molar-refractivity contribution in [3.05, 3.63) is 102 Å². The molecule has 3 aromatic carbocycles. The van der Waals surface area contributed by atoms with Gasteiger partial charge in [-0.25, -0.2) is 4.99 Å². The number of aryl methyl sites for hydroxylation is 2. The number of benzene rings is 3. The lowest BCUT2D eigenvalue weighted by molar-refractivity contribution is 0.473. The summed E-state index contributed by atoms with van der Waals surface area (Å²) in [5.74, 6) is 2.02. The molecule has 0 radical (unpaired) electrons. The van der Waals surface area contributed by atoms with Crippen LogP contribution in [0, 0.1) is 13.8 Å². The molecule has 3 rings (SSSR count). The van der Waals surface area contributed by atoms with Gasteiger partial charge >= 0.3 is 0 Å². The molecule has 0 aliphatic rings. The zero-order chi connectivity index (χ0) is 19.1. The fraction of sp³-hybridized carbons (Fsp3) is 0.125. The van der Waals surface area contributed by atoms with E-state index >= 15 is 0 Å². The molecule has 0 aromatic heterocycles. The lowest BCUT2D eigenvalue weighted by atomic mass is 10.2. The Bertz CT molecular complexity index is 942. The van der Waals surface area contributed by atoms with Gasteiger partial charge in [-0.2, -0.15) is 0 Å². The highest BCUT2D eigenvalue weighted by molar-refractivity contribution is 5.96. The maximum atomic E-state index is 6.07. The second-order valence-electron chi connectivity index (χ2n) is 6.40. The summed E-state index contributed by atoms with van der Waals surface area (Å²) >= 11 is 0. The minimum Gasteiger partial charge on any atom is -0.465 e. The van der Waals surface area contributed by atoms with Gasteiger partial charge in [0.25, 0.3) is 0 Å². The minimum absolute atomic E-state index is 0.499. The third-order valence-electron chi connectivity index (χ3n) is 3.92. The average molecular weight is 357 g/mol. The molecule has 0 saturated heterocycles. The smallest absolute Gasteiger partial charge is 0.225 e. The van der Waals surface area contributed by atoms with E-state index in [1.165, 1.54) is 5.56 Å². The highest BCUT2D eigenvalue weighted by Gasteiger charge is 2.08. The Kier molecular flexibility index (Phi) is 6.06. The fourth-order valence-electron chi connectivity index (χ4n) is 2.43. The minimum atomic E-state index is 0.499. The molecule has 0 bridgehead atoms. The molecule has 0 heterocycles. The van der Waals surface area contributed by atoms with Crippen LogP contribution < -0.4 is 9.47 Å². The topological polar surface area (TPSA) is 30.8 Å². The van der Waals surface area contributed by atoms with Crippen molar-refractivity contribution in [1.82, 2.24) is 0 Å². The van der Waals surface area contributed by atoms with Gasteiger partial charge in [0.05, 0.1) is 11.9 Å². The first-order chi connectivity index (χ1) is 13.1. The monoisotopic (exact) mass is 357 g/mol. The standard InChI is InChI=1S/C24H23NO2/c1-18-12-14-22(15-13-18)26-17-20(3)24(25-21-9-5-4-6-10-21)27-23-11-7-8-19(2)16-23/h4-17H,1-3H3/b20-17+,25-24-. The molecule has 27 heavy (non-hydrogen) atoms. The van der Waals surface area contributed by atoms with Crippen molar-refractivity contribution in [3.8, 4) is 11.5 Å². The maximum Gasteiger partial charge on any atom is 0.225 e. The Morgan fingerprint density at radius 2 is 1.52 bits per heavy atom. The molecule has 0 aliphatic carbocycles. The number of aliphatic imine (C=N–C) groups is 1. The Labute approximate surface area is 160 Å². The van der Waals surface area contributed by atoms with Crippen LogP contribution in [0.15, 0.2) is 95.7 Å². The van der Waals surface area contributed by atoms with Gasteiger partial charge in [-0.1, -0.05) is 48.0 Å². The molecule has 0 saturated carbocycles. The Hall–Kier alpha value is -3.33. The molecule has 0 spiro atoms. The molecule has 3 heteroatoms. The first-order valence-corrected chi connectivity index (χ1v) is 8.89. The van der Waals surface area contributed by atoms with E-state index in [0.717, 1.165) is 28.3 Å². The van der Waals surface area contributed by atoms with Crippen LogP contribution in [0.5, 0.6) is 11.5 Å². The molecule has 0 N–H and O–H groups in total. The summed E-state index contributed by atoms with van der Waals surface area (Å²) < 4.78 is 11.9. The van der Waals surface area contributed by atoms with Gasteiger partial charge in [0.15, 0.2) is 0 Å².